The molecule has 4 heteroatoms. The molecule has 0 fully saturated rings. The number of esters is 1. The van der Waals surface area contributed by atoms with Crippen LogP contribution in [-0.2, 0) is 4.74 Å². The van der Waals surface area contributed by atoms with E-state index in [9.17, 15) is 9.90 Å². The first kappa shape index (κ1) is 6.25. The van der Waals surface area contributed by atoms with E-state index in [2.05, 4.69) is 4.74 Å². The number of benzene rings is 1. The predicted molar refractivity (Wildman–Crippen MR) is 54.4 cm³/mol. The van der Waals surface area contributed by atoms with E-state index in [1.54, 1.807) is 18.2 Å². The highest BCUT2D eigenvalue weighted by Crippen LogP contribution is 2.02. The summed E-state index contributed by atoms with van der Waals surface area (Å²) in [6.07, 6.45) is -4.41. The van der Waals surface area contributed by atoms with Gasteiger partial charge in [-0.05, 0) is 12.1 Å². The van der Waals surface area contributed by atoms with Gasteiger partial charge in [0.1, 0.15) is 0 Å². The first-order valence-electron chi connectivity index (χ1n) is 6.68. The van der Waals surface area contributed by atoms with Crippen molar-refractivity contribution in [3.63, 3.8) is 0 Å². The Morgan fingerprint density at radius 3 is 2.80 bits per heavy atom. The average molecular weight is 215 g/mol. The zero-order valence-corrected chi connectivity index (χ0v) is 7.80. The Bertz CT molecular complexity index is 469. The molecule has 0 bridgehead atoms. The van der Waals surface area contributed by atoms with Crippen molar-refractivity contribution in [3.05, 3.63) is 35.9 Å². The maximum Gasteiger partial charge on any atom is 0.338 e. The van der Waals surface area contributed by atoms with Crippen molar-refractivity contribution in [3.8, 4) is 0 Å². The third kappa shape index (κ3) is 4.10. The summed E-state index contributed by atoms with van der Waals surface area (Å²) in [7, 11) is 0. The van der Waals surface area contributed by atoms with Gasteiger partial charge in [-0.1, -0.05) is 18.2 Å². The summed E-state index contributed by atoms with van der Waals surface area (Å²) in [5.74, 6) is -1.02. The molecule has 0 saturated carbocycles. The number of hydrogen-bond donors (Lipinski definition) is 2. The van der Waals surface area contributed by atoms with Gasteiger partial charge in [-0.2, -0.15) is 0 Å². The summed E-state index contributed by atoms with van der Waals surface area (Å²) in [6.45, 7) is -6.18. The molecule has 4 nitrogen and oxygen atoms in total. The summed E-state index contributed by atoms with van der Waals surface area (Å²) in [5.41, 5.74) is 0.0666. The van der Waals surface area contributed by atoms with Gasteiger partial charge >= 0.3 is 5.97 Å². The van der Waals surface area contributed by atoms with Crippen molar-refractivity contribution in [2.75, 3.05) is 13.1 Å². The minimum atomic E-state index is -3.36. The minimum absolute atomic E-state index is 0.0666. The summed E-state index contributed by atoms with van der Waals surface area (Å²) in [4.78, 5) is 11.6. The molecule has 0 aliphatic heterocycles. The minimum Gasteiger partial charge on any atom is -0.462 e. The number of hydrogen-bond acceptors (Lipinski definition) is 4. The molecule has 1 aromatic carbocycles. The third-order valence-electron chi connectivity index (χ3n) is 1.54. The van der Waals surface area contributed by atoms with E-state index in [-0.39, 0.29) is 5.56 Å². The van der Waals surface area contributed by atoms with Crippen molar-refractivity contribution in [2.24, 2.45) is 0 Å². The van der Waals surface area contributed by atoms with Crippen LogP contribution >= 0.6 is 0 Å². The molecule has 0 unspecified atom stereocenters. The predicted octanol–water partition coefficient (Wildman–Crippen LogP) is 0.587. The lowest BCUT2D eigenvalue weighted by Gasteiger charge is -2.07. The molecule has 2 N–H and O–H groups in total. The fourth-order valence-electron chi connectivity index (χ4n) is 0.843. The molecule has 0 amide bonds. The molecule has 15 heavy (non-hydrogen) atoms. The SMILES string of the molecule is [2H]C([2H])(C[C@]([2H])(O)C([2H])([2H])O)OC(=O)c1ccccc1. The van der Waals surface area contributed by atoms with Gasteiger partial charge in [-0.15, -0.1) is 0 Å². The Kier molecular flexibility index (Phi) is 2.57. The van der Waals surface area contributed by atoms with Crippen LogP contribution in [0.15, 0.2) is 30.3 Å². The van der Waals surface area contributed by atoms with Gasteiger partial charge in [-0.3, -0.25) is 0 Å². The van der Waals surface area contributed by atoms with E-state index in [1.165, 1.54) is 12.1 Å². The van der Waals surface area contributed by atoms with E-state index in [1.807, 2.05) is 0 Å². The van der Waals surface area contributed by atoms with Crippen LogP contribution in [0.25, 0.3) is 0 Å². The van der Waals surface area contributed by atoms with E-state index in [0.29, 0.717) is 0 Å². The van der Waals surface area contributed by atoms with E-state index in [0.717, 1.165) is 0 Å². The molecule has 82 valence electrons. The Morgan fingerprint density at radius 2 is 2.20 bits per heavy atom. The van der Waals surface area contributed by atoms with Gasteiger partial charge in [0.2, 0.25) is 0 Å². The number of ether oxygens (including phenoxy) is 1. The molecular formula is C11H14O4. The molecule has 0 aromatic heterocycles. The maximum absolute atomic E-state index is 11.6. The van der Waals surface area contributed by atoms with Crippen LogP contribution in [0.1, 0.15) is 23.6 Å². The second-order valence-electron chi connectivity index (χ2n) is 2.64. The molecule has 0 saturated heterocycles. The Hall–Kier alpha value is -1.39. The fourth-order valence-corrected chi connectivity index (χ4v) is 0.843. The molecule has 1 atom stereocenters. The van der Waals surface area contributed by atoms with Crippen LogP contribution in [0.3, 0.4) is 0 Å². The summed E-state index contributed by atoms with van der Waals surface area (Å²) < 4.78 is 40.2. The van der Waals surface area contributed by atoms with Gasteiger partial charge in [0.15, 0.2) is 0 Å². The second-order valence-corrected chi connectivity index (χ2v) is 2.64. The van der Waals surface area contributed by atoms with Crippen LogP contribution in [0.4, 0.5) is 0 Å². The van der Waals surface area contributed by atoms with Crippen molar-refractivity contribution >= 4 is 5.97 Å². The quantitative estimate of drug-likeness (QED) is 0.705. The number of rotatable bonds is 5. The second kappa shape index (κ2) is 6.16. The summed E-state index contributed by atoms with van der Waals surface area (Å²) >= 11 is 0. The monoisotopic (exact) mass is 215 g/mol. The van der Waals surface area contributed by atoms with Gasteiger partial charge in [0, 0.05) is 6.42 Å². The molecule has 0 aliphatic rings. The van der Waals surface area contributed by atoms with Crippen molar-refractivity contribution in [2.45, 2.75) is 12.5 Å². The zero-order chi connectivity index (χ0) is 15.6. The van der Waals surface area contributed by atoms with Gasteiger partial charge in [0.25, 0.3) is 0 Å². The highest BCUT2D eigenvalue weighted by Gasteiger charge is 2.07. The maximum atomic E-state index is 11.6. The van der Waals surface area contributed by atoms with Crippen molar-refractivity contribution in [1.29, 1.82) is 0 Å². The molecule has 0 heterocycles. The number of carbonyl (C=O) groups is 1. The van der Waals surface area contributed by atoms with E-state index in [4.69, 9.17) is 12.0 Å². The smallest absolute Gasteiger partial charge is 0.338 e. The lowest BCUT2D eigenvalue weighted by Crippen LogP contribution is -2.16. The molecular weight excluding hydrogens is 196 g/mol. The van der Waals surface area contributed by atoms with Crippen LogP contribution in [0.5, 0.6) is 0 Å². The molecule has 1 aromatic rings. The largest absolute Gasteiger partial charge is 0.462 e. The fraction of sp³-hybridized carbons (Fsp3) is 0.364. The molecule has 0 radical (unpaired) electrons. The summed E-state index contributed by atoms with van der Waals surface area (Å²) in [6, 6.07) is 7.50. The van der Waals surface area contributed by atoms with Gasteiger partial charge in [0.05, 0.1) is 31.6 Å². The Morgan fingerprint density at radius 1 is 1.53 bits per heavy atom. The first-order chi connectivity index (χ1) is 8.95. The van der Waals surface area contributed by atoms with Crippen molar-refractivity contribution < 1.29 is 26.6 Å². The normalized spacial score (nSPS) is 21.1. The Balaban J connectivity index is 2.78. The molecule has 0 spiro atoms. The van der Waals surface area contributed by atoms with Crippen LogP contribution < -0.4 is 0 Å². The van der Waals surface area contributed by atoms with Crippen LogP contribution in [0.2, 0.25) is 0 Å². The zero-order valence-electron chi connectivity index (χ0n) is 12.8. The van der Waals surface area contributed by atoms with E-state index < -0.39 is 31.6 Å². The van der Waals surface area contributed by atoms with Crippen LogP contribution in [0, 0.1) is 0 Å². The van der Waals surface area contributed by atoms with Gasteiger partial charge < -0.3 is 14.9 Å². The lowest BCUT2D eigenvalue weighted by molar-refractivity contribution is 0.0347. The first-order valence-corrected chi connectivity index (χ1v) is 4.18. The number of carbonyl (C=O) groups excluding carboxylic acids is 1. The Labute approximate surface area is 95.1 Å². The number of aliphatic hydroxyl groups is 2. The third-order valence-corrected chi connectivity index (χ3v) is 1.54. The van der Waals surface area contributed by atoms with Crippen molar-refractivity contribution in [1.82, 2.24) is 0 Å². The average Bonchev–Trinajstić information content (AvgIpc) is 2.26. The highest BCUT2D eigenvalue weighted by molar-refractivity contribution is 5.89. The summed E-state index contributed by atoms with van der Waals surface area (Å²) in [5, 5.41) is 18.3. The molecule has 1 rings (SSSR count). The lowest BCUT2D eigenvalue weighted by atomic mass is 10.2. The van der Waals surface area contributed by atoms with Gasteiger partial charge in [-0.25, -0.2) is 4.79 Å². The van der Waals surface area contributed by atoms with E-state index >= 15 is 0 Å². The highest BCUT2D eigenvalue weighted by atomic mass is 16.5. The topological polar surface area (TPSA) is 66.8 Å². The van der Waals surface area contributed by atoms with Crippen LogP contribution in [-0.4, -0.2) is 35.4 Å². The molecule has 0 aliphatic carbocycles. The standard InChI is InChI=1S/C11H14O4/c12-8-10(13)6-7-15-11(14)9-4-2-1-3-5-9/h1-5,10,12-13H,6-8H2/t10-/m0/s1/i7D2,8D2,10D.